The van der Waals surface area contributed by atoms with E-state index in [-0.39, 0.29) is 5.92 Å². The lowest BCUT2D eigenvalue weighted by Gasteiger charge is -2.39. The van der Waals surface area contributed by atoms with Crippen LogP contribution in [0.25, 0.3) is 0 Å². The number of anilines is 1. The quantitative estimate of drug-likeness (QED) is 0.797. The van der Waals surface area contributed by atoms with Gasteiger partial charge in [-0.05, 0) is 25.7 Å². The van der Waals surface area contributed by atoms with Gasteiger partial charge in [-0.25, -0.2) is 5.10 Å². The molecule has 2 heterocycles. The van der Waals surface area contributed by atoms with Crippen molar-refractivity contribution in [2.24, 2.45) is 11.8 Å². The molecule has 2 atom stereocenters. The molecule has 0 spiro atoms. The summed E-state index contributed by atoms with van der Waals surface area (Å²) in [5.41, 5.74) is 1.33. The number of hydrogen-bond acceptors (Lipinski definition) is 4. The summed E-state index contributed by atoms with van der Waals surface area (Å²) in [5.74, 6) is 1.38. The summed E-state index contributed by atoms with van der Waals surface area (Å²) in [6, 6.07) is 2.40. The molecule has 0 saturated carbocycles. The summed E-state index contributed by atoms with van der Waals surface area (Å²) in [7, 11) is 0. The molecule has 1 aliphatic heterocycles. The Morgan fingerprint density at radius 2 is 2.47 bits per heavy atom. The van der Waals surface area contributed by atoms with Crippen molar-refractivity contribution >= 4 is 5.95 Å². The first kappa shape index (κ1) is 10.3. The average Bonchev–Trinajstić information content (AvgIpc) is 2.91. The second-order valence-corrected chi connectivity index (χ2v) is 4.74. The molecule has 0 bridgehead atoms. The molecule has 88 valence electrons. The van der Waals surface area contributed by atoms with Crippen LogP contribution in [0.3, 0.4) is 0 Å². The van der Waals surface area contributed by atoms with Crippen molar-refractivity contribution in [2.75, 3.05) is 11.4 Å². The largest absolute Gasteiger partial charge is 0.313 e. The van der Waals surface area contributed by atoms with E-state index in [2.05, 4.69) is 32.2 Å². The van der Waals surface area contributed by atoms with Gasteiger partial charge in [-0.3, -0.25) is 0 Å². The zero-order chi connectivity index (χ0) is 11.7. The van der Waals surface area contributed by atoms with E-state index in [1.807, 2.05) is 0 Å². The highest BCUT2D eigenvalue weighted by molar-refractivity contribution is 5.42. The highest BCUT2D eigenvalue weighted by atomic mass is 15.4. The number of nitrogens with zero attached hydrogens (tertiary/aromatic N) is 4. The van der Waals surface area contributed by atoms with Gasteiger partial charge >= 0.3 is 0 Å². The molecule has 17 heavy (non-hydrogen) atoms. The van der Waals surface area contributed by atoms with Crippen LogP contribution in [0.1, 0.15) is 25.7 Å². The van der Waals surface area contributed by atoms with E-state index in [1.54, 1.807) is 0 Å². The molecule has 0 aromatic carbocycles. The van der Waals surface area contributed by atoms with Crippen LogP contribution in [0.4, 0.5) is 5.95 Å². The van der Waals surface area contributed by atoms with Crippen LogP contribution in [-0.2, 0) is 0 Å². The normalized spacial score (nSPS) is 28.2. The van der Waals surface area contributed by atoms with Gasteiger partial charge in [0.25, 0.3) is 0 Å². The lowest BCUT2D eigenvalue weighted by Crippen LogP contribution is -2.39. The fourth-order valence-electron chi connectivity index (χ4n) is 2.87. The van der Waals surface area contributed by atoms with E-state index < -0.39 is 0 Å². The molecule has 3 rings (SSSR count). The maximum atomic E-state index is 9.15. The SMILES string of the molecule is N#CC1CC2CCCC=C2N(c2ncn[nH]2)C1. The van der Waals surface area contributed by atoms with Gasteiger partial charge in [0.2, 0.25) is 5.95 Å². The van der Waals surface area contributed by atoms with E-state index in [0.717, 1.165) is 25.3 Å². The maximum Gasteiger partial charge on any atom is 0.225 e. The number of piperidine rings is 1. The first-order valence-corrected chi connectivity index (χ1v) is 6.11. The van der Waals surface area contributed by atoms with Gasteiger partial charge in [0, 0.05) is 18.2 Å². The van der Waals surface area contributed by atoms with Gasteiger partial charge in [-0.15, -0.1) is 0 Å². The van der Waals surface area contributed by atoms with Gasteiger partial charge in [-0.1, -0.05) is 6.08 Å². The molecular formula is C12H15N5. The number of aromatic amines is 1. The summed E-state index contributed by atoms with van der Waals surface area (Å²) < 4.78 is 0. The third-order valence-corrected chi connectivity index (χ3v) is 3.65. The Morgan fingerprint density at radius 1 is 1.53 bits per heavy atom. The highest BCUT2D eigenvalue weighted by Gasteiger charge is 2.33. The minimum atomic E-state index is 0.0975. The molecule has 1 aromatic heterocycles. The summed E-state index contributed by atoms with van der Waals surface area (Å²) in [4.78, 5) is 6.34. The van der Waals surface area contributed by atoms with Crippen molar-refractivity contribution in [3.63, 3.8) is 0 Å². The molecule has 5 nitrogen and oxygen atoms in total. The number of nitriles is 1. The Bertz CT molecular complexity index is 456. The molecule has 1 aliphatic carbocycles. The second-order valence-electron chi connectivity index (χ2n) is 4.74. The molecule has 1 saturated heterocycles. The number of fused-ring (bicyclic) bond motifs is 1. The van der Waals surface area contributed by atoms with Crippen LogP contribution < -0.4 is 4.90 Å². The zero-order valence-corrected chi connectivity index (χ0v) is 9.63. The van der Waals surface area contributed by atoms with Crippen LogP contribution in [0.15, 0.2) is 18.1 Å². The first-order valence-electron chi connectivity index (χ1n) is 6.11. The summed E-state index contributed by atoms with van der Waals surface area (Å²) in [5, 5.41) is 16.0. The minimum Gasteiger partial charge on any atom is -0.313 e. The lowest BCUT2D eigenvalue weighted by atomic mass is 9.81. The van der Waals surface area contributed by atoms with Gasteiger partial charge < -0.3 is 4.90 Å². The van der Waals surface area contributed by atoms with E-state index in [1.165, 1.54) is 24.9 Å². The van der Waals surface area contributed by atoms with E-state index >= 15 is 0 Å². The van der Waals surface area contributed by atoms with E-state index in [9.17, 15) is 0 Å². The van der Waals surface area contributed by atoms with Crippen LogP contribution in [0.5, 0.6) is 0 Å². The minimum absolute atomic E-state index is 0.0975. The third kappa shape index (κ3) is 1.80. The first-order chi connectivity index (χ1) is 8.38. The van der Waals surface area contributed by atoms with Crippen LogP contribution in [-0.4, -0.2) is 21.7 Å². The fourth-order valence-corrected chi connectivity index (χ4v) is 2.87. The van der Waals surface area contributed by atoms with Crippen molar-refractivity contribution in [1.82, 2.24) is 15.2 Å². The Hall–Kier alpha value is -1.83. The van der Waals surface area contributed by atoms with Crippen molar-refractivity contribution in [2.45, 2.75) is 25.7 Å². The molecule has 5 heteroatoms. The highest BCUT2D eigenvalue weighted by Crippen LogP contribution is 2.38. The number of nitrogens with one attached hydrogen (secondary N) is 1. The molecule has 1 aromatic rings. The van der Waals surface area contributed by atoms with Crippen molar-refractivity contribution in [3.8, 4) is 6.07 Å². The van der Waals surface area contributed by atoms with E-state index in [4.69, 9.17) is 5.26 Å². The van der Waals surface area contributed by atoms with Crippen LogP contribution >= 0.6 is 0 Å². The van der Waals surface area contributed by atoms with E-state index in [0.29, 0.717) is 5.92 Å². The monoisotopic (exact) mass is 229 g/mol. The molecule has 1 N–H and O–H groups in total. The Kier molecular flexibility index (Phi) is 2.56. The third-order valence-electron chi connectivity index (χ3n) is 3.65. The molecular weight excluding hydrogens is 214 g/mol. The summed E-state index contributed by atoms with van der Waals surface area (Å²) >= 11 is 0. The predicted octanol–water partition coefficient (Wildman–Crippen LogP) is 1.84. The van der Waals surface area contributed by atoms with Crippen LogP contribution in [0, 0.1) is 23.2 Å². The lowest BCUT2D eigenvalue weighted by molar-refractivity contribution is 0.371. The Morgan fingerprint density at radius 3 is 3.24 bits per heavy atom. The van der Waals surface area contributed by atoms with Crippen molar-refractivity contribution in [1.29, 1.82) is 5.26 Å². The maximum absolute atomic E-state index is 9.15. The molecule has 0 radical (unpaired) electrons. The van der Waals surface area contributed by atoms with Crippen molar-refractivity contribution in [3.05, 3.63) is 18.1 Å². The van der Waals surface area contributed by atoms with Gasteiger partial charge in [0.15, 0.2) is 0 Å². The number of allylic oxidation sites excluding steroid dienone is 2. The number of hydrogen-bond donors (Lipinski definition) is 1. The smallest absolute Gasteiger partial charge is 0.225 e. The Labute approximate surface area is 100 Å². The Balaban J connectivity index is 1.94. The van der Waals surface area contributed by atoms with Gasteiger partial charge in [0.05, 0.1) is 12.0 Å². The number of rotatable bonds is 1. The van der Waals surface area contributed by atoms with Crippen molar-refractivity contribution < 1.29 is 0 Å². The molecule has 2 aliphatic rings. The topological polar surface area (TPSA) is 68.6 Å². The fraction of sp³-hybridized carbons (Fsp3) is 0.583. The van der Waals surface area contributed by atoms with Gasteiger partial charge in [0.1, 0.15) is 6.33 Å². The summed E-state index contributed by atoms with van der Waals surface area (Å²) in [6.07, 6.45) is 8.36. The van der Waals surface area contributed by atoms with Crippen LogP contribution in [0.2, 0.25) is 0 Å². The molecule has 2 unspecified atom stereocenters. The second kappa shape index (κ2) is 4.21. The summed E-state index contributed by atoms with van der Waals surface area (Å²) in [6.45, 7) is 0.730. The number of H-pyrrole nitrogens is 1. The predicted molar refractivity (Wildman–Crippen MR) is 62.9 cm³/mol. The van der Waals surface area contributed by atoms with Gasteiger partial charge in [-0.2, -0.15) is 15.3 Å². The number of aromatic nitrogens is 3. The standard InChI is InChI=1S/C12H15N5/c13-6-9-5-10-3-1-2-4-11(10)17(7-9)12-14-8-15-16-12/h4,8-10H,1-3,5,7H2,(H,14,15,16). The molecule has 1 fully saturated rings. The average molecular weight is 229 g/mol. The zero-order valence-electron chi connectivity index (χ0n) is 9.63. The molecule has 0 amide bonds.